The number of nitrogens with one attached hydrogen (secondary N) is 1. The number of nitrogens with zero attached hydrogens (tertiary/aromatic N) is 2. The Morgan fingerprint density at radius 3 is 2.09 bits per heavy atom. The van der Waals surface area contributed by atoms with Crippen LogP contribution >= 0.6 is 0 Å². The molecule has 2 aliphatic rings. The maximum absolute atomic E-state index is 11.9. The first-order valence-electron chi connectivity index (χ1n) is 15.0. The van der Waals surface area contributed by atoms with Crippen LogP contribution in [0.2, 0.25) is 0 Å². The molecule has 2 heterocycles. The second kappa shape index (κ2) is 15.2. The Kier molecular flexibility index (Phi) is 10.9. The molecule has 1 amide bonds. The SMILES string of the molecule is O=C(O)CCC(=O)NCc1ccc(C2OC(CN3CCN(Cc4ccccc4)CC3)CC(c3ccc(CO)cc3)O2)cc1. The van der Waals surface area contributed by atoms with Gasteiger partial charge in [0.1, 0.15) is 0 Å². The molecule has 0 radical (unpaired) electrons. The fraction of sp³-hybridized carbons (Fsp3) is 0.412. The van der Waals surface area contributed by atoms with Gasteiger partial charge in [-0.15, -0.1) is 0 Å². The molecule has 3 unspecified atom stereocenters. The zero-order valence-corrected chi connectivity index (χ0v) is 24.4. The number of carboxylic acid groups (broad SMARTS) is 1. The predicted molar refractivity (Wildman–Crippen MR) is 162 cm³/mol. The summed E-state index contributed by atoms with van der Waals surface area (Å²) >= 11 is 0. The van der Waals surface area contributed by atoms with Gasteiger partial charge in [0.15, 0.2) is 6.29 Å². The van der Waals surface area contributed by atoms with E-state index in [4.69, 9.17) is 14.6 Å². The van der Waals surface area contributed by atoms with Crippen LogP contribution in [0.15, 0.2) is 78.9 Å². The number of benzene rings is 3. The normalized spacial score (nSPS) is 21.4. The third-order valence-corrected chi connectivity index (χ3v) is 8.10. The Bertz CT molecular complexity index is 1310. The molecule has 3 aromatic rings. The molecular formula is C34H41N3O6. The molecule has 43 heavy (non-hydrogen) atoms. The average Bonchev–Trinajstić information content (AvgIpc) is 3.04. The third-order valence-electron chi connectivity index (χ3n) is 8.10. The molecule has 0 bridgehead atoms. The topological polar surface area (TPSA) is 112 Å². The van der Waals surface area contributed by atoms with Crippen LogP contribution in [0.5, 0.6) is 0 Å². The fourth-order valence-electron chi connectivity index (χ4n) is 5.59. The van der Waals surface area contributed by atoms with E-state index in [0.29, 0.717) is 6.54 Å². The van der Waals surface area contributed by atoms with Crippen molar-refractivity contribution in [2.24, 2.45) is 0 Å². The van der Waals surface area contributed by atoms with E-state index in [-0.39, 0.29) is 37.6 Å². The number of carboxylic acids is 1. The number of rotatable bonds is 12. The van der Waals surface area contributed by atoms with Gasteiger partial charge in [-0.05, 0) is 22.3 Å². The zero-order valence-electron chi connectivity index (χ0n) is 24.4. The molecule has 3 atom stereocenters. The summed E-state index contributed by atoms with van der Waals surface area (Å²) in [4.78, 5) is 27.6. The predicted octanol–water partition coefficient (Wildman–Crippen LogP) is 4.02. The molecule has 0 spiro atoms. The number of hydrogen-bond donors (Lipinski definition) is 3. The first kappa shape index (κ1) is 30.8. The van der Waals surface area contributed by atoms with Crippen LogP contribution in [0.1, 0.15) is 59.5 Å². The number of carbonyl (C=O) groups excluding carboxylic acids is 1. The Morgan fingerprint density at radius 2 is 1.42 bits per heavy atom. The van der Waals surface area contributed by atoms with Gasteiger partial charge in [-0.1, -0.05) is 78.9 Å². The third kappa shape index (κ3) is 9.19. The zero-order chi connectivity index (χ0) is 30.0. The number of hydrogen-bond acceptors (Lipinski definition) is 7. The Balaban J connectivity index is 1.21. The number of aliphatic carboxylic acids is 1. The van der Waals surface area contributed by atoms with Crippen molar-refractivity contribution in [3.63, 3.8) is 0 Å². The highest BCUT2D eigenvalue weighted by atomic mass is 16.7. The first-order chi connectivity index (χ1) is 20.9. The van der Waals surface area contributed by atoms with E-state index in [1.807, 2.05) is 48.5 Å². The lowest BCUT2D eigenvalue weighted by Crippen LogP contribution is -2.49. The van der Waals surface area contributed by atoms with E-state index >= 15 is 0 Å². The smallest absolute Gasteiger partial charge is 0.303 e. The number of aliphatic hydroxyl groups excluding tert-OH is 1. The van der Waals surface area contributed by atoms with Crippen LogP contribution in [0.4, 0.5) is 0 Å². The molecule has 2 aliphatic heterocycles. The van der Waals surface area contributed by atoms with Gasteiger partial charge in [0.2, 0.25) is 5.91 Å². The molecule has 3 N–H and O–H groups in total. The van der Waals surface area contributed by atoms with Crippen LogP contribution in [0, 0.1) is 0 Å². The maximum atomic E-state index is 11.9. The molecule has 0 aliphatic carbocycles. The molecule has 5 rings (SSSR count). The van der Waals surface area contributed by atoms with Crippen molar-refractivity contribution in [2.45, 2.75) is 57.5 Å². The van der Waals surface area contributed by atoms with Gasteiger partial charge >= 0.3 is 5.97 Å². The second-order valence-corrected chi connectivity index (χ2v) is 11.3. The van der Waals surface area contributed by atoms with Gasteiger partial charge in [0.25, 0.3) is 0 Å². The van der Waals surface area contributed by atoms with Gasteiger partial charge in [-0.3, -0.25) is 19.4 Å². The Labute approximate surface area is 253 Å². The van der Waals surface area contributed by atoms with Crippen molar-refractivity contribution in [1.29, 1.82) is 0 Å². The summed E-state index contributed by atoms with van der Waals surface area (Å²) in [6, 6.07) is 26.3. The number of piperazine rings is 1. The van der Waals surface area contributed by atoms with Crippen molar-refractivity contribution in [1.82, 2.24) is 15.1 Å². The lowest BCUT2D eigenvalue weighted by molar-refractivity contribution is -0.253. The monoisotopic (exact) mass is 587 g/mol. The van der Waals surface area contributed by atoms with E-state index in [1.54, 1.807) is 0 Å². The first-order valence-corrected chi connectivity index (χ1v) is 15.0. The van der Waals surface area contributed by atoms with Crippen molar-refractivity contribution >= 4 is 11.9 Å². The minimum Gasteiger partial charge on any atom is -0.481 e. The van der Waals surface area contributed by atoms with Crippen LogP contribution < -0.4 is 5.32 Å². The highest BCUT2D eigenvalue weighted by molar-refractivity contribution is 5.80. The summed E-state index contributed by atoms with van der Waals surface area (Å²) in [6.45, 7) is 6.13. The van der Waals surface area contributed by atoms with Gasteiger partial charge in [-0.2, -0.15) is 0 Å². The van der Waals surface area contributed by atoms with E-state index in [9.17, 15) is 14.7 Å². The standard InChI is InChI=1S/C34H41N3O6/c38-24-27-8-10-28(11-9-27)31-20-30(23-37-18-16-36(17-19-37)22-26-4-2-1-3-5-26)42-34(43-31)29-12-6-25(7-13-29)21-35-32(39)14-15-33(40)41/h1-13,30-31,34,38H,14-24H2,(H,35,39)(H,40,41). The minimum atomic E-state index is -0.988. The fourth-order valence-corrected chi connectivity index (χ4v) is 5.59. The summed E-state index contributed by atoms with van der Waals surface area (Å²) in [7, 11) is 0. The summed E-state index contributed by atoms with van der Waals surface area (Å²) in [5, 5.41) is 21.0. The molecule has 228 valence electrons. The highest BCUT2D eigenvalue weighted by Gasteiger charge is 2.33. The number of ether oxygens (including phenoxy) is 2. The molecule has 9 nitrogen and oxygen atoms in total. The van der Waals surface area contributed by atoms with E-state index < -0.39 is 12.3 Å². The lowest BCUT2D eigenvalue weighted by Gasteiger charge is -2.40. The molecule has 3 aromatic carbocycles. The summed E-state index contributed by atoms with van der Waals surface area (Å²) in [6.07, 6.45) is -0.199. The number of amides is 1. The Hall–Kier alpha value is -3.60. The molecule has 0 aromatic heterocycles. The molecular weight excluding hydrogens is 546 g/mol. The van der Waals surface area contributed by atoms with Crippen LogP contribution in [0.3, 0.4) is 0 Å². The molecule has 9 heteroatoms. The Morgan fingerprint density at radius 1 is 0.767 bits per heavy atom. The molecule has 2 saturated heterocycles. The van der Waals surface area contributed by atoms with Crippen molar-refractivity contribution < 1.29 is 29.3 Å². The van der Waals surface area contributed by atoms with Crippen molar-refractivity contribution in [3.8, 4) is 0 Å². The average molecular weight is 588 g/mol. The maximum Gasteiger partial charge on any atom is 0.303 e. The minimum absolute atomic E-state index is 0.00275. The summed E-state index contributed by atoms with van der Waals surface area (Å²) in [5.41, 5.74) is 5.07. The summed E-state index contributed by atoms with van der Waals surface area (Å²) in [5.74, 6) is -1.28. The number of carbonyl (C=O) groups is 2. The van der Waals surface area contributed by atoms with Gasteiger partial charge in [0, 0.05) is 64.2 Å². The largest absolute Gasteiger partial charge is 0.481 e. The van der Waals surface area contributed by atoms with Crippen LogP contribution in [0.25, 0.3) is 0 Å². The van der Waals surface area contributed by atoms with E-state index in [1.165, 1.54) is 5.56 Å². The summed E-state index contributed by atoms with van der Waals surface area (Å²) < 4.78 is 13.0. The van der Waals surface area contributed by atoms with Gasteiger partial charge < -0.3 is 25.0 Å². The quantitative estimate of drug-likeness (QED) is 0.292. The van der Waals surface area contributed by atoms with Crippen molar-refractivity contribution in [3.05, 3.63) is 107 Å². The van der Waals surface area contributed by atoms with Crippen LogP contribution in [-0.4, -0.2) is 70.7 Å². The lowest BCUT2D eigenvalue weighted by atomic mass is 9.99. The van der Waals surface area contributed by atoms with Gasteiger partial charge in [-0.25, -0.2) is 0 Å². The van der Waals surface area contributed by atoms with E-state index in [2.05, 4.69) is 45.4 Å². The second-order valence-electron chi connectivity index (χ2n) is 11.3. The highest BCUT2D eigenvalue weighted by Crippen LogP contribution is 2.38. The molecule has 0 saturated carbocycles. The van der Waals surface area contributed by atoms with E-state index in [0.717, 1.165) is 67.9 Å². The van der Waals surface area contributed by atoms with Gasteiger partial charge in [0.05, 0.1) is 25.2 Å². The number of aliphatic hydroxyl groups is 1. The van der Waals surface area contributed by atoms with Crippen LogP contribution in [-0.2, 0) is 38.8 Å². The molecule has 2 fully saturated rings. The van der Waals surface area contributed by atoms with Crippen molar-refractivity contribution in [2.75, 3.05) is 32.7 Å².